The summed E-state index contributed by atoms with van der Waals surface area (Å²) in [5.41, 5.74) is 4.61. The molecule has 170 valence electrons. The Morgan fingerprint density at radius 3 is 2.56 bits per heavy atom. The van der Waals surface area contributed by atoms with Crippen LogP contribution in [0.15, 0.2) is 31.0 Å². The third kappa shape index (κ3) is 3.65. The number of anilines is 1. The predicted octanol–water partition coefficient (Wildman–Crippen LogP) is 5.92. The molecule has 1 aliphatic heterocycles. The van der Waals surface area contributed by atoms with E-state index in [2.05, 4.69) is 22.9 Å². The molecule has 0 unspecified atom stereocenters. The van der Waals surface area contributed by atoms with Crippen LogP contribution in [0, 0.1) is 19.7 Å². The number of halogens is 1. The highest BCUT2D eigenvalue weighted by atomic mass is 19.1. The molecule has 2 aromatic heterocycles. The second kappa shape index (κ2) is 8.57. The highest BCUT2D eigenvalue weighted by Gasteiger charge is 2.49. The van der Waals surface area contributed by atoms with Crippen molar-refractivity contribution in [1.29, 1.82) is 0 Å². The van der Waals surface area contributed by atoms with Gasteiger partial charge in [0.2, 0.25) is 0 Å². The molecule has 1 aliphatic carbocycles. The Balaban J connectivity index is 0.00000119. The first-order valence-corrected chi connectivity index (χ1v) is 11.7. The summed E-state index contributed by atoms with van der Waals surface area (Å²) in [6.07, 6.45) is 8.29. The van der Waals surface area contributed by atoms with Crippen LogP contribution in [-0.4, -0.2) is 33.9 Å². The summed E-state index contributed by atoms with van der Waals surface area (Å²) in [5.74, 6) is 0.799. The molecular formula is C26H34FN5. The lowest BCUT2D eigenvalue weighted by Gasteiger charge is -2.37. The minimum atomic E-state index is -0.258. The Morgan fingerprint density at radius 1 is 1.12 bits per heavy atom. The average molecular weight is 436 g/mol. The van der Waals surface area contributed by atoms with Crippen LogP contribution in [-0.2, 0) is 0 Å². The molecule has 0 atom stereocenters. The normalized spacial score (nSPS) is 16.6. The van der Waals surface area contributed by atoms with E-state index in [4.69, 9.17) is 10.1 Å². The number of piperidine rings is 1. The predicted molar refractivity (Wildman–Crippen MR) is 131 cm³/mol. The maximum absolute atomic E-state index is 14.6. The zero-order valence-electron chi connectivity index (χ0n) is 19.9. The first kappa shape index (κ1) is 22.3. The first-order valence-electron chi connectivity index (χ1n) is 11.7. The van der Waals surface area contributed by atoms with E-state index in [9.17, 15) is 4.39 Å². The van der Waals surface area contributed by atoms with Gasteiger partial charge in [0.25, 0.3) is 0 Å². The van der Waals surface area contributed by atoms with Gasteiger partial charge in [0.05, 0.1) is 23.1 Å². The van der Waals surface area contributed by atoms with Crippen LogP contribution in [0.2, 0.25) is 0 Å². The van der Waals surface area contributed by atoms with Crippen LogP contribution < -0.4 is 10.2 Å². The van der Waals surface area contributed by atoms with Crippen LogP contribution in [0.25, 0.3) is 22.3 Å². The van der Waals surface area contributed by atoms with E-state index < -0.39 is 0 Å². The molecule has 3 heterocycles. The number of aryl methyl sites for hydroxylation is 2. The fraction of sp³-hybridized carbons (Fsp3) is 0.462. The number of nitrogens with zero attached hydrogens (tertiary/aromatic N) is 4. The second-order valence-electron chi connectivity index (χ2n) is 8.74. The smallest absolute Gasteiger partial charge is 0.135 e. The molecule has 0 bridgehead atoms. The van der Waals surface area contributed by atoms with Crippen molar-refractivity contribution in [3.8, 4) is 5.69 Å². The first-order chi connectivity index (χ1) is 15.4. The fourth-order valence-corrected chi connectivity index (χ4v) is 4.84. The highest BCUT2D eigenvalue weighted by Crippen LogP contribution is 2.50. The van der Waals surface area contributed by atoms with Crippen LogP contribution in [0.5, 0.6) is 0 Å². The molecule has 1 saturated heterocycles. The topological polar surface area (TPSA) is 46.0 Å². The monoisotopic (exact) mass is 435 g/mol. The van der Waals surface area contributed by atoms with Gasteiger partial charge in [0.15, 0.2) is 0 Å². The van der Waals surface area contributed by atoms with Crippen molar-refractivity contribution in [2.24, 2.45) is 0 Å². The van der Waals surface area contributed by atoms with Crippen molar-refractivity contribution in [2.75, 3.05) is 18.5 Å². The Hall–Kier alpha value is -2.89. The summed E-state index contributed by atoms with van der Waals surface area (Å²) < 4.78 is 16.5. The molecule has 1 aromatic carbocycles. The van der Waals surface area contributed by atoms with Gasteiger partial charge in [-0.2, -0.15) is 5.10 Å². The lowest BCUT2D eigenvalue weighted by atomic mass is 10.00. The van der Waals surface area contributed by atoms with E-state index in [1.165, 1.54) is 32.1 Å². The Labute approximate surface area is 190 Å². The van der Waals surface area contributed by atoms with Crippen molar-refractivity contribution in [3.05, 3.63) is 53.6 Å². The quantitative estimate of drug-likeness (QED) is 0.553. The number of nitrogens with one attached hydrogen (secondary N) is 1. The van der Waals surface area contributed by atoms with Crippen LogP contribution in [0.4, 0.5) is 10.2 Å². The summed E-state index contributed by atoms with van der Waals surface area (Å²) in [6.45, 7) is 12.8. The van der Waals surface area contributed by atoms with E-state index in [1.54, 1.807) is 20.0 Å². The molecule has 5 rings (SSSR count). The number of aromatic nitrogens is 3. The standard InChI is InChI=1S/C24H28FN5.C2H6/c1-15-11-18(12-20(23(15)25)16(2)26-4)30-21-14-27-22(13-19(21)17(3)28-30)29-10-6-5-7-24(29)8-9-24;1-2/h11-14,26H,2,5-10H2,1,3-4H3;1-2H3. The molecule has 6 heteroatoms. The number of rotatable bonds is 4. The minimum Gasteiger partial charge on any atom is -0.388 e. The lowest BCUT2D eigenvalue weighted by Crippen LogP contribution is -2.42. The summed E-state index contributed by atoms with van der Waals surface area (Å²) in [5, 5.41) is 8.82. The maximum atomic E-state index is 14.6. The van der Waals surface area contributed by atoms with Gasteiger partial charge in [0, 0.05) is 35.8 Å². The lowest BCUT2D eigenvalue weighted by molar-refractivity contribution is 0.442. The minimum absolute atomic E-state index is 0.258. The molecule has 32 heavy (non-hydrogen) atoms. The number of hydrogen-bond donors (Lipinski definition) is 1. The van der Waals surface area contributed by atoms with Gasteiger partial charge < -0.3 is 10.2 Å². The van der Waals surface area contributed by atoms with E-state index in [1.807, 2.05) is 37.7 Å². The zero-order chi connectivity index (χ0) is 23.0. The number of benzene rings is 1. The molecule has 1 N–H and O–H groups in total. The number of hydrogen-bond acceptors (Lipinski definition) is 4. The summed E-state index contributed by atoms with van der Waals surface area (Å²) in [7, 11) is 1.75. The van der Waals surface area contributed by atoms with Crippen LogP contribution in [0.1, 0.15) is 62.8 Å². The largest absolute Gasteiger partial charge is 0.388 e. The molecule has 0 amide bonds. The van der Waals surface area contributed by atoms with Gasteiger partial charge in [-0.15, -0.1) is 0 Å². The van der Waals surface area contributed by atoms with Gasteiger partial charge in [-0.3, -0.25) is 0 Å². The number of pyridine rings is 1. The molecule has 1 spiro atoms. The van der Waals surface area contributed by atoms with E-state index in [0.29, 0.717) is 22.4 Å². The zero-order valence-corrected chi connectivity index (χ0v) is 19.9. The van der Waals surface area contributed by atoms with Gasteiger partial charge in [0.1, 0.15) is 11.6 Å². The molecule has 1 saturated carbocycles. The summed E-state index contributed by atoms with van der Waals surface area (Å²) in [6, 6.07) is 5.81. The summed E-state index contributed by atoms with van der Waals surface area (Å²) >= 11 is 0. The van der Waals surface area contributed by atoms with Gasteiger partial charge >= 0.3 is 0 Å². The van der Waals surface area contributed by atoms with Crippen molar-refractivity contribution < 1.29 is 4.39 Å². The van der Waals surface area contributed by atoms with E-state index >= 15 is 0 Å². The molecule has 0 radical (unpaired) electrons. The fourth-order valence-electron chi connectivity index (χ4n) is 4.84. The van der Waals surface area contributed by atoms with Crippen molar-refractivity contribution in [2.45, 2.75) is 65.3 Å². The molecule has 5 nitrogen and oxygen atoms in total. The average Bonchev–Trinajstić information content (AvgIpc) is 3.50. The van der Waals surface area contributed by atoms with Gasteiger partial charge in [-0.05, 0) is 69.7 Å². The second-order valence-corrected chi connectivity index (χ2v) is 8.74. The van der Waals surface area contributed by atoms with Crippen LogP contribution in [0.3, 0.4) is 0 Å². The van der Waals surface area contributed by atoms with Crippen molar-refractivity contribution in [1.82, 2.24) is 20.1 Å². The van der Waals surface area contributed by atoms with Crippen LogP contribution >= 0.6 is 0 Å². The Bertz CT molecular complexity index is 1160. The molecular weight excluding hydrogens is 401 g/mol. The van der Waals surface area contributed by atoms with Gasteiger partial charge in [-0.25, -0.2) is 14.1 Å². The summed E-state index contributed by atoms with van der Waals surface area (Å²) in [4.78, 5) is 7.36. The number of fused-ring (bicyclic) bond motifs is 1. The Morgan fingerprint density at radius 2 is 1.88 bits per heavy atom. The van der Waals surface area contributed by atoms with E-state index in [-0.39, 0.29) is 5.82 Å². The molecule has 2 aliphatic rings. The SMILES string of the molecule is C=C(NC)c1cc(-n2nc(C)c3cc(N4CCCCC45CC5)ncc32)cc(C)c1F.CC. The van der Waals surface area contributed by atoms with Crippen molar-refractivity contribution >= 4 is 22.4 Å². The third-order valence-corrected chi connectivity index (χ3v) is 6.80. The van der Waals surface area contributed by atoms with Gasteiger partial charge in [-0.1, -0.05) is 20.4 Å². The van der Waals surface area contributed by atoms with E-state index in [0.717, 1.165) is 34.6 Å². The third-order valence-electron chi connectivity index (χ3n) is 6.80. The molecule has 3 aromatic rings. The highest BCUT2D eigenvalue weighted by molar-refractivity contribution is 5.85. The van der Waals surface area contributed by atoms with Crippen molar-refractivity contribution in [3.63, 3.8) is 0 Å². The Kier molecular flexibility index (Phi) is 5.97. The molecule has 2 fully saturated rings. The maximum Gasteiger partial charge on any atom is 0.135 e.